The summed E-state index contributed by atoms with van der Waals surface area (Å²) in [5.41, 5.74) is 1.34. The van der Waals surface area contributed by atoms with Crippen LogP contribution in [0.3, 0.4) is 0 Å². The Bertz CT molecular complexity index is 400. The van der Waals surface area contributed by atoms with E-state index in [1.165, 1.54) is 42.6 Å². The molecular formula is C16H24ClNS. The molecule has 1 aliphatic carbocycles. The molecular weight excluding hydrogens is 274 g/mol. The predicted molar refractivity (Wildman–Crippen MR) is 86.2 cm³/mol. The second-order valence-corrected chi connectivity index (χ2v) is 7.44. The zero-order valence-electron chi connectivity index (χ0n) is 11.9. The third kappa shape index (κ3) is 5.02. The van der Waals surface area contributed by atoms with Gasteiger partial charge in [-0.25, -0.2) is 0 Å². The first-order valence-electron chi connectivity index (χ1n) is 7.33. The summed E-state index contributed by atoms with van der Waals surface area (Å²) in [5.74, 6) is 0. The number of hydrogen-bond donors (Lipinski definition) is 1. The Morgan fingerprint density at radius 1 is 1.26 bits per heavy atom. The first-order valence-corrected chi connectivity index (χ1v) is 8.59. The van der Waals surface area contributed by atoms with Crippen LogP contribution < -0.4 is 5.32 Å². The molecule has 1 aliphatic rings. The minimum absolute atomic E-state index is 0.506. The molecule has 0 aliphatic heterocycles. The van der Waals surface area contributed by atoms with Crippen LogP contribution in [0.2, 0.25) is 5.02 Å². The molecule has 1 aromatic rings. The second-order valence-electron chi connectivity index (χ2n) is 5.67. The van der Waals surface area contributed by atoms with E-state index in [0.717, 1.165) is 16.8 Å². The van der Waals surface area contributed by atoms with Crippen LogP contribution in [-0.4, -0.2) is 11.3 Å². The summed E-state index contributed by atoms with van der Waals surface area (Å²) in [6, 6.07) is 6.83. The lowest BCUT2D eigenvalue weighted by Gasteiger charge is -2.22. The predicted octanol–water partition coefficient (Wildman–Crippen LogP) is 5.26. The highest BCUT2D eigenvalue weighted by Gasteiger charge is 2.16. The van der Waals surface area contributed by atoms with Crippen LogP contribution in [0.1, 0.15) is 51.5 Å². The molecule has 0 amide bonds. The maximum atomic E-state index is 6.14. The highest BCUT2D eigenvalue weighted by Crippen LogP contribution is 2.36. The van der Waals surface area contributed by atoms with Gasteiger partial charge in [-0.2, -0.15) is 0 Å². The van der Waals surface area contributed by atoms with Crippen molar-refractivity contribution in [1.82, 2.24) is 5.32 Å². The average molecular weight is 298 g/mol. The molecule has 0 unspecified atom stereocenters. The van der Waals surface area contributed by atoms with E-state index < -0.39 is 0 Å². The lowest BCUT2D eigenvalue weighted by molar-refractivity contribution is 0.516. The molecule has 3 heteroatoms. The molecule has 1 aromatic carbocycles. The van der Waals surface area contributed by atoms with Crippen molar-refractivity contribution >= 4 is 23.4 Å². The van der Waals surface area contributed by atoms with Gasteiger partial charge in [0, 0.05) is 27.8 Å². The van der Waals surface area contributed by atoms with Crippen LogP contribution in [0.5, 0.6) is 0 Å². The fourth-order valence-corrected chi connectivity index (χ4v) is 4.03. The number of nitrogens with one attached hydrogen (secondary N) is 1. The molecule has 1 fully saturated rings. The van der Waals surface area contributed by atoms with Crippen molar-refractivity contribution < 1.29 is 0 Å². The van der Waals surface area contributed by atoms with Gasteiger partial charge in [-0.15, -0.1) is 11.8 Å². The Balaban J connectivity index is 2.04. The molecule has 0 spiro atoms. The van der Waals surface area contributed by atoms with Crippen LogP contribution >= 0.6 is 23.4 Å². The van der Waals surface area contributed by atoms with Crippen LogP contribution in [0.15, 0.2) is 23.1 Å². The van der Waals surface area contributed by atoms with Crippen molar-refractivity contribution in [2.45, 2.75) is 68.7 Å². The summed E-state index contributed by atoms with van der Waals surface area (Å²) in [5, 5.41) is 5.13. The van der Waals surface area contributed by atoms with E-state index in [4.69, 9.17) is 11.6 Å². The first-order chi connectivity index (χ1) is 9.15. The Kier molecular flexibility index (Phi) is 6.06. The lowest BCUT2D eigenvalue weighted by Crippen LogP contribution is -2.22. The van der Waals surface area contributed by atoms with Crippen LogP contribution in [0.4, 0.5) is 0 Å². The van der Waals surface area contributed by atoms with E-state index >= 15 is 0 Å². The highest BCUT2D eigenvalue weighted by molar-refractivity contribution is 8.00. The minimum Gasteiger partial charge on any atom is -0.310 e. The molecule has 0 aromatic heterocycles. The Morgan fingerprint density at radius 2 is 2.00 bits per heavy atom. The molecule has 0 heterocycles. The van der Waals surface area contributed by atoms with Crippen molar-refractivity contribution in [1.29, 1.82) is 0 Å². The SMILES string of the molecule is CC(C)NCc1cc(Cl)ccc1SC1CCCCC1. The third-order valence-electron chi connectivity index (χ3n) is 3.57. The number of halogens is 1. The van der Waals surface area contributed by atoms with Gasteiger partial charge in [0.25, 0.3) is 0 Å². The average Bonchev–Trinajstić information content (AvgIpc) is 2.40. The van der Waals surface area contributed by atoms with Crippen molar-refractivity contribution in [3.05, 3.63) is 28.8 Å². The highest BCUT2D eigenvalue weighted by atomic mass is 35.5. The summed E-state index contributed by atoms with van der Waals surface area (Å²) in [6.07, 6.45) is 6.93. The molecule has 106 valence electrons. The number of rotatable bonds is 5. The van der Waals surface area contributed by atoms with Gasteiger partial charge in [0.05, 0.1) is 0 Å². The first kappa shape index (κ1) is 15.2. The molecule has 1 saturated carbocycles. The molecule has 1 N–H and O–H groups in total. The normalized spacial score (nSPS) is 17.1. The van der Waals surface area contributed by atoms with Crippen molar-refractivity contribution in [2.24, 2.45) is 0 Å². The van der Waals surface area contributed by atoms with Crippen LogP contribution in [0, 0.1) is 0 Å². The quantitative estimate of drug-likeness (QED) is 0.795. The number of thioether (sulfide) groups is 1. The molecule has 19 heavy (non-hydrogen) atoms. The van der Waals surface area contributed by atoms with Gasteiger partial charge in [-0.05, 0) is 36.6 Å². The van der Waals surface area contributed by atoms with E-state index in [1.54, 1.807) is 0 Å². The minimum atomic E-state index is 0.506. The summed E-state index contributed by atoms with van der Waals surface area (Å²) in [7, 11) is 0. The summed E-state index contributed by atoms with van der Waals surface area (Å²) >= 11 is 8.19. The Labute approximate surface area is 126 Å². The fourth-order valence-electron chi connectivity index (χ4n) is 2.48. The number of hydrogen-bond acceptors (Lipinski definition) is 2. The number of benzene rings is 1. The molecule has 0 atom stereocenters. The van der Waals surface area contributed by atoms with Crippen molar-refractivity contribution in [3.8, 4) is 0 Å². The maximum absolute atomic E-state index is 6.14. The Morgan fingerprint density at radius 3 is 2.68 bits per heavy atom. The topological polar surface area (TPSA) is 12.0 Å². The fraction of sp³-hybridized carbons (Fsp3) is 0.625. The molecule has 0 bridgehead atoms. The summed E-state index contributed by atoms with van der Waals surface area (Å²) in [6.45, 7) is 5.27. The van der Waals surface area contributed by atoms with E-state index in [9.17, 15) is 0 Å². The van der Waals surface area contributed by atoms with Crippen LogP contribution in [0.25, 0.3) is 0 Å². The van der Waals surface area contributed by atoms with E-state index in [1.807, 2.05) is 6.07 Å². The second kappa shape index (κ2) is 7.56. The van der Waals surface area contributed by atoms with Gasteiger partial charge in [0.2, 0.25) is 0 Å². The van der Waals surface area contributed by atoms with Gasteiger partial charge >= 0.3 is 0 Å². The molecule has 1 nitrogen and oxygen atoms in total. The summed E-state index contributed by atoms with van der Waals surface area (Å²) in [4.78, 5) is 1.41. The maximum Gasteiger partial charge on any atom is 0.0410 e. The molecule has 0 saturated heterocycles. The van der Waals surface area contributed by atoms with E-state index in [0.29, 0.717) is 6.04 Å². The van der Waals surface area contributed by atoms with Gasteiger partial charge in [0.15, 0.2) is 0 Å². The standard InChI is InChI=1S/C16H24ClNS/c1-12(2)18-11-13-10-14(17)8-9-16(13)19-15-6-4-3-5-7-15/h8-10,12,15,18H,3-7,11H2,1-2H3. The smallest absolute Gasteiger partial charge is 0.0410 e. The van der Waals surface area contributed by atoms with Gasteiger partial charge in [0.1, 0.15) is 0 Å². The van der Waals surface area contributed by atoms with Gasteiger partial charge in [-0.1, -0.05) is 44.7 Å². The van der Waals surface area contributed by atoms with Crippen molar-refractivity contribution in [2.75, 3.05) is 0 Å². The monoisotopic (exact) mass is 297 g/mol. The summed E-state index contributed by atoms with van der Waals surface area (Å²) < 4.78 is 0. The lowest BCUT2D eigenvalue weighted by atomic mass is 10.0. The zero-order valence-corrected chi connectivity index (χ0v) is 13.5. The van der Waals surface area contributed by atoms with Gasteiger partial charge < -0.3 is 5.32 Å². The van der Waals surface area contributed by atoms with E-state index in [-0.39, 0.29) is 0 Å². The van der Waals surface area contributed by atoms with E-state index in [2.05, 4.69) is 43.1 Å². The Hall–Kier alpha value is -0.180. The molecule has 2 rings (SSSR count). The van der Waals surface area contributed by atoms with Gasteiger partial charge in [-0.3, -0.25) is 0 Å². The third-order valence-corrected chi connectivity index (χ3v) is 5.26. The largest absolute Gasteiger partial charge is 0.310 e. The molecule has 0 radical (unpaired) electrons. The van der Waals surface area contributed by atoms with Crippen molar-refractivity contribution in [3.63, 3.8) is 0 Å². The zero-order chi connectivity index (χ0) is 13.7. The van der Waals surface area contributed by atoms with Crippen LogP contribution in [-0.2, 0) is 6.54 Å².